The first-order valence-electron chi connectivity index (χ1n) is 7.17. The van der Waals surface area contributed by atoms with Gasteiger partial charge in [0.1, 0.15) is 5.75 Å². The summed E-state index contributed by atoms with van der Waals surface area (Å²) in [6.07, 6.45) is 0.215. The van der Waals surface area contributed by atoms with Gasteiger partial charge < -0.3 is 25.4 Å². The molecule has 0 radical (unpaired) electrons. The van der Waals surface area contributed by atoms with Crippen molar-refractivity contribution in [3.63, 3.8) is 0 Å². The van der Waals surface area contributed by atoms with Gasteiger partial charge in [-0.1, -0.05) is 0 Å². The summed E-state index contributed by atoms with van der Waals surface area (Å²) in [6.45, 7) is 4.17. The Bertz CT molecular complexity index is 562. The van der Waals surface area contributed by atoms with E-state index in [4.69, 9.17) is 9.47 Å². The topological polar surface area (TPSA) is 88.7 Å². The van der Waals surface area contributed by atoms with Gasteiger partial charge in [-0.3, -0.25) is 4.79 Å². The van der Waals surface area contributed by atoms with E-state index in [0.717, 1.165) is 6.42 Å². The molecule has 0 bridgehead atoms. The molecule has 0 fully saturated rings. The maximum absolute atomic E-state index is 11.9. The van der Waals surface area contributed by atoms with Crippen LogP contribution in [0.3, 0.4) is 0 Å². The Morgan fingerprint density at radius 3 is 3.00 bits per heavy atom. The molecule has 7 heteroatoms. The van der Waals surface area contributed by atoms with Gasteiger partial charge in [-0.15, -0.1) is 0 Å². The van der Waals surface area contributed by atoms with E-state index in [2.05, 4.69) is 16.0 Å². The zero-order valence-electron chi connectivity index (χ0n) is 12.9. The van der Waals surface area contributed by atoms with Gasteiger partial charge in [-0.05, 0) is 38.5 Å². The van der Waals surface area contributed by atoms with E-state index in [-0.39, 0.29) is 18.0 Å². The van der Waals surface area contributed by atoms with Gasteiger partial charge in [0.05, 0.1) is 5.69 Å². The first-order valence-corrected chi connectivity index (χ1v) is 7.17. The van der Waals surface area contributed by atoms with Gasteiger partial charge in [0.15, 0.2) is 6.10 Å². The van der Waals surface area contributed by atoms with Crippen molar-refractivity contribution < 1.29 is 19.1 Å². The van der Waals surface area contributed by atoms with E-state index in [1.807, 2.05) is 6.92 Å². The Morgan fingerprint density at radius 2 is 2.27 bits per heavy atom. The van der Waals surface area contributed by atoms with Crippen LogP contribution in [0.25, 0.3) is 0 Å². The van der Waals surface area contributed by atoms with Gasteiger partial charge in [0.25, 0.3) is 5.91 Å². The van der Waals surface area contributed by atoms with Crippen LogP contribution in [0.15, 0.2) is 18.2 Å². The van der Waals surface area contributed by atoms with E-state index >= 15 is 0 Å². The minimum absolute atomic E-state index is 0.00135. The third-order valence-corrected chi connectivity index (χ3v) is 3.30. The summed E-state index contributed by atoms with van der Waals surface area (Å²) in [5.74, 6) is 0.383. The number of urea groups is 1. The number of hydrogen-bond donors (Lipinski definition) is 3. The summed E-state index contributed by atoms with van der Waals surface area (Å²) in [7, 11) is 1.62. The first kappa shape index (κ1) is 16.1. The Hall–Kier alpha value is -2.28. The number of rotatable bonds is 5. The molecule has 3 N–H and O–H groups in total. The maximum Gasteiger partial charge on any atom is 0.319 e. The second kappa shape index (κ2) is 7.13. The monoisotopic (exact) mass is 307 g/mol. The number of methoxy groups -OCH3 is 1. The van der Waals surface area contributed by atoms with E-state index in [0.29, 0.717) is 23.7 Å². The largest absolute Gasteiger partial charge is 0.479 e. The molecule has 0 spiro atoms. The quantitative estimate of drug-likeness (QED) is 0.776. The predicted molar refractivity (Wildman–Crippen MR) is 83.3 cm³/mol. The predicted octanol–water partition coefficient (Wildman–Crippen LogP) is 1.95. The molecule has 22 heavy (non-hydrogen) atoms. The lowest BCUT2D eigenvalue weighted by Gasteiger charge is -2.23. The molecule has 0 saturated carbocycles. The fraction of sp³-hybridized carbons (Fsp3) is 0.467. The number of amides is 3. The molecular formula is C15H21N3O4. The normalized spacial score (nSPS) is 17.8. The van der Waals surface area contributed by atoms with Crippen molar-refractivity contribution in [1.82, 2.24) is 5.32 Å². The van der Waals surface area contributed by atoms with Crippen molar-refractivity contribution in [2.75, 3.05) is 24.4 Å². The molecule has 0 aromatic heterocycles. The molecule has 0 saturated heterocycles. The Balaban J connectivity index is 1.95. The molecule has 0 unspecified atom stereocenters. The van der Waals surface area contributed by atoms with Crippen molar-refractivity contribution in [1.29, 1.82) is 0 Å². The Labute approximate surface area is 129 Å². The SMILES string of the molecule is COCC[C@H](C)NC(=O)Nc1ccc2c(c1)NC(=O)[C@@H](C)O2. The standard InChI is InChI=1S/C15H21N3O4/c1-9(6-7-21-3)16-15(20)17-11-4-5-13-12(8-11)18-14(19)10(2)22-13/h4-5,8-10H,6-7H2,1-3H3,(H,18,19)(H2,16,17,20)/t9-,10+/m0/s1. The fourth-order valence-corrected chi connectivity index (χ4v) is 2.04. The number of carbonyl (C=O) groups is 2. The summed E-state index contributed by atoms with van der Waals surface area (Å²) >= 11 is 0. The molecule has 0 aliphatic carbocycles. The van der Waals surface area contributed by atoms with Gasteiger partial charge in [0, 0.05) is 25.4 Å². The van der Waals surface area contributed by atoms with Crippen LogP contribution < -0.4 is 20.7 Å². The second-order valence-electron chi connectivity index (χ2n) is 5.24. The zero-order chi connectivity index (χ0) is 16.1. The molecule has 120 valence electrons. The molecule has 1 aromatic rings. The highest BCUT2D eigenvalue weighted by Crippen LogP contribution is 2.32. The third kappa shape index (κ3) is 4.11. The smallest absolute Gasteiger partial charge is 0.319 e. The van der Waals surface area contributed by atoms with Crippen molar-refractivity contribution in [3.8, 4) is 5.75 Å². The van der Waals surface area contributed by atoms with Crippen molar-refractivity contribution in [2.24, 2.45) is 0 Å². The first-order chi connectivity index (χ1) is 10.5. The lowest BCUT2D eigenvalue weighted by atomic mass is 10.2. The van der Waals surface area contributed by atoms with E-state index in [1.165, 1.54) is 0 Å². The van der Waals surface area contributed by atoms with Crippen LogP contribution in [-0.2, 0) is 9.53 Å². The minimum atomic E-state index is -0.517. The number of hydrogen-bond acceptors (Lipinski definition) is 4. The number of anilines is 2. The molecule has 3 amide bonds. The van der Waals surface area contributed by atoms with Crippen LogP contribution in [-0.4, -0.2) is 37.8 Å². The van der Waals surface area contributed by atoms with Crippen LogP contribution in [0.5, 0.6) is 5.75 Å². The Morgan fingerprint density at radius 1 is 1.50 bits per heavy atom. The number of benzene rings is 1. The molecule has 1 heterocycles. The van der Waals surface area contributed by atoms with Crippen LogP contribution in [0, 0.1) is 0 Å². The number of fused-ring (bicyclic) bond motifs is 1. The van der Waals surface area contributed by atoms with Gasteiger partial charge in [-0.2, -0.15) is 0 Å². The molecule has 2 atom stereocenters. The average Bonchev–Trinajstić information content (AvgIpc) is 2.46. The van der Waals surface area contributed by atoms with Crippen molar-refractivity contribution in [3.05, 3.63) is 18.2 Å². The summed E-state index contributed by atoms with van der Waals surface area (Å²) in [6, 6.07) is 4.80. The van der Waals surface area contributed by atoms with Crippen molar-refractivity contribution >= 4 is 23.3 Å². The second-order valence-corrected chi connectivity index (χ2v) is 5.24. The summed E-state index contributed by atoms with van der Waals surface area (Å²) < 4.78 is 10.4. The summed E-state index contributed by atoms with van der Waals surface area (Å²) in [5, 5.41) is 8.28. The fourth-order valence-electron chi connectivity index (χ4n) is 2.04. The molecule has 2 rings (SSSR count). The lowest BCUT2D eigenvalue weighted by Crippen LogP contribution is -2.37. The van der Waals surface area contributed by atoms with E-state index in [1.54, 1.807) is 32.2 Å². The third-order valence-electron chi connectivity index (χ3n) is 3.30. The maximum atomic E-state index is 11.9. The van der Waals surface area contributed by atoms with E-state index < -0.39 is 6.10 Å². The average molecular weight is 307 g/mol. The highest BCUT2D eigenvalue weighted by molar-refractivity contribution is 5.99. The summed E-state index contributed by atoms with van der Waals surface area (Å²) in [4.78, 5) is 23.5. The highest BCUT2D eigenvalue weighted by Gasteiger charge is 2.23. The van der Waals surface area contributed by atoms with Crippen molar-refractivity contribution in [2.45, 2.75) is 32.4 Å². The number of ether oxygens (including phenoxy) is 2. The molecule has 1 aliphatic heterocycles. The lowest BCUT2D eigenvalue weighted by molar-refractivity contribution is -0.122. The van der Waals surface area contributed by atoms with Crippen LogP contribution >= 0.6 is 0 Å². The summed E-state index contributed by atoms with van der Waals surface area (Å²) in [5.41, 5.74) is 1.13. The van der Waals surface area contributed by atoms with Gasteiger partial charge in [0.2, 0.25) is 0 Å². The van der Waals surface area contributed by atoms with E-state index in [9.17, 15) is 9.59 Å². The van der Waals surface area contributed by atoms with Crippen LogP contribution in [0.2, 0.25) is 0 Å². The molecular weight excluding hydrogens is 286 g/mol. The number of carbonyl (C=O) groups excluding carboxylic acids is 2. The van der Waals surface area contributed by atoms with Gasteiger partial charge >= 0.3 is 6.03 Å². The highest BCUT2D eigenvalue weighted by atomic mass is 16.5. The molecule has 7 nitrogen and oxygen atoms in total. The Kier molecular flexibility index (Phi) is 5.21. The molecule has 1 aliphatic rings. The van der Waals surface area contributed by atoms with Crippen LogP contribution in [0.1, 0.15) is 20.3 Å². The minimum Gasteiger partial charge on any atom is -0.479 e. The van der Waals surface area contributed by atoms with Gasteiger partial charge in [-0.25, -0.2) is 4.79 Å². The van der Waals surface area contributed by atoms with Crippen LogP contribution in [0.4, 0.5) is 16.2 Å². The molecule has 1 aromatic carbocycles. The zero-order valence-corrected chi connectivity index (χ0v) is 12.9. The number of nitrogens with one attached hydrogen (secondary N) is 3.